The molecule has 1 aromatic heterocycles. The number of nitrogens with zero attached hydrogens (tertiary/aromatic N) is 2. The third-order valence-corrected chi connectivity index (χ3v) is 3.13. The van der Waals surface area contributed by atoms with Gasteiger partial charge in [0.05, 0.1) is 0 Å². The van der Waals surface area contributed by atoms with Gasteiger partial charge in [0.1, 0.15) is 5.82 Å². The molecular weight excluding hydrogens is 222 g/mol. The van der Waals surface area contributed by atoms with E-state index in [4.69, 9.17) is 0 Å². The Morgan fingerprint density at radius 3 is 2.39 bits per heavy atom. The van der Waals surface area contributed by atoms with Crippen molar-refractivity contribution in [2.45, 2.75) is 40.0 Å². The SMILES string of the molecule is CCNCCN(CC)c1ccc(C(C)(C)C)cn1. The molecule has 1 aromatic rings. The number of hydrogen-bond donors (Lipinski definition) is 1. The summed E-state index contributed by atoms with van der Waals surface area (Å²) in [5, 5.41) is 3.35. The summed E-state index contributed by atoms with van der Waals surface area (Å²) in [7, 11) is 0. The molecule has 3 heteroatoms. The third kappa shape index (κ3) is 4.30. The number of hydrogen-bond acceptors (Lipinski definition) is 3. The van der Waals surface area contributed by atoms with Gasteiger partial charge in [0.15, 0.2) is 0 Å². The second-order valence-electron chi connectivity index (χ2n) is 5.59. The Morgan fingerprint density at radius 1 is 1.22 bits per heavy atom. The van der Waals surface area contributed by atoms with Crippen LogP contribution in [0.15, 0.2) is 18.3 Å². The standard InChI is InChI=1S/C15H27N3/c1-6-16-10-11-18(7-2)14-9-8-13(12-17-14)15(3,4)5/h8-9,12,16H,6-7,10-11H2,1-5H3. The van der Waals surface area contributed by atoms with Gasteiger partial charge < -0.3 is 10.2 Å². The minimum Gasteiger partial charge on any atom is -0.356 e. The molecule has 1 N–H and O–H groups in total. The monoisotopic (exact) mass is 249 g/mol. The number of rotatable bonds is 6. The fourth-order valence-electron chi connectivity index (χ4n) is 1.84. The lowest BCUT2D eigenvalue weighted by Gasteiger charge is -2.24. The van der Waals surface area contributed by atoms with Gasteiger partial charge in [-0.3, -0.25) is 0 Å². The largest absolute Gasteiger partial charge is 0.356 e. The molecule has 1 heterocycles. The van der Waals surface area contributed by atoms with Gasteiger partial charge in [-0.1, -0.05) is 33.8 Å². The molecule has 0 aromatic carbocycles. The minimum atomic E-state index is 0.173. The molecular formula is C15H27N3. The van der Waals surface area contributed by atoms with E-state index in [0.29, 0.717) is 0 Å². The maximum absolute atomic E-state index is 4.59. The molecule has 18 heavy (non-hydrogen) atoms. The van der Waals surface area contributed by atoms with E-state index in [1.807, 2.05) is 6.20 Å². The molecule has 0 fully saturated rings. The predicted octanol–water partition coefficient (Wildman–Crippen LogP) is 2.81. The van der Waals surface area contributed by atoms with Gasteiger partial charge in [-0.25, -0.2) is 4.98 Å². The number of anilines is 1. The van der Waals surface area contributed by atoms with Gasteiger partial charge in [-0.15, -0.1) is 0 Å². The van der Waals surface area contributed by atoms with Crippen LogP contribution >= 0.6 is 0 Å². The average molecular weight is 249 g/mol. The van der Waals surface area contributed by atoms with Crippen molar-refractivity contribution in [3.05, 3.63) is 23.9 Å². The normalized spacial score (nSPS) is 11.6. The summed E-state index contributed by atoms with van der Waals surface area (Å²) >= 11 is 0. The third-order valence-electron chi connectivity index (χ3n) is 3.13. The van der Waals surface area contributed by atoms with Crippen molar-refractivity contribution in [2.24, 2.45) is 0 Å². The lowest BCUT2D eigenvalue weighted by atomic mass is 9.88. The quantitative estimate of drug-likeness (QED) is 0.786. The summed E-state index contributed by atoms with van der Waals surface area (Å²) in [6, 6.07) is 4.33. The van der Waals surface area contributed by atoms with Crippen LogP contribution in [0, 0.1) is 0 Å². The summed E-state index contributed by atoms with van der Waals surface area (Å²) in [5.41, 5.74) is 1.46. The zero-order valence-corrected chi connectivity index (χ0v) is 12.5. The second-order valence-corrected chi connectivity index (χ2v) is 5.59. The van der Waals surface area contributed by atoms with E-state index in [1.165, 1.54) is 5.56 Å². The van der Waals surface area contributed by atoms with E-state index in [9.17, 15) is 0 Å². The Labute approximate surface area is 112 Å². The van der Waals surface area contributed by atoms with Crippen molar-refractivity contribution in [2.75, 3.05) is 31.1 Å². The highest BCUT2D eigenvalue weighted by Gasteiger charge is 2.14. The molecule has 0 aliphatic carbocycles. The summed E-state index contributed by atoms with van der Waals surface area (Å²) in [5.74, 6) is 1.07. The first-order valence-corrected chi connectivity index (χ1v) is 6.91. The van der Waals surface area contributed by atoms with Crippen LogP contribution in [0.1, 0.15) is 40.2 Å². The summed E-state index contributed by atoms with van der Waals surface area (Å²) in [4.78, 5) is 6.89. The molecule has 0 radical (unpaired) electrons. The minimum absolute atomic E-state index is 0.173. The van der Waals surface area contributed by atoms with Crippen LogP contribution in [-0.2, 0) is 5.41 Å². The summed E-state index contributed by atoms with van der Waals surface area (Å²) < 4.78 is 0. The van der Waals surface area contributed by atoms with Crippen LogP contribution in [0.25, 0.3) is 0 Å². The van der Waals surface area contributed by atoms with Gasteiger partial charge in [-0.2, -0.15) is 0 Å². The molecule has 1 rings (SSSR count). The maximum atomic E-state index is 4.59. The Kier molecular flexibility index (Phi) is 5.60. The molecule has 0 atom stereocenters. The molecule has 3 nitrogen and oxygen atoms in total. The fraction of sp³-hybridized carbons (Fsp3) is 0.667. The Hall–Kier alpha value is -1.09. The first-order chi connectivity index (χ1) is 8.49. The van der Waals surface area contributed by atoms with Crippen LogP contribution in [0.3, 0.4) is 0 Å². The molecule has 0 saturated heterocycles. The van der Waals surface area contributed by atoms with Crippen molar-refractivity contribution in [3.63, 3.8) is 0 Å². The van der Waals surface area contributed by atoms with Crippen molar-refractivity contribution in [1.29, 1.82) is 0 Å². The van der Waals surface area contributed by atoms with Crippen LogP contribution in [0.2, 0.25) is 0 Å². The highest BCUT2D eigenvalue weighted by Crippen LogP contribution is 2.22. The van der Waals surface area contributed by atoms with E-state index in [-0.39, 0.29) is 5.41 Å². The molecule has 0 aliphatic rings. The van der Waals surface area contributed by atoms with Gasteiger partial charge in [0.25, 0.3) is 0 Å². The van der Waals surface area contributed by atoms with Crippen molar-refractivity contribution >= 4 is 5.82 Å². The van der Waals surface area contributed by atoms with E-state index >= 15 is 0 Å². The predicted molar refractivity (Wildman–Crippen MR) is 79.4 cm³/mol. The number of likely N-dealkylation sites (N-methyl/N-ethyl adjacent to an activating group) is 2. The Morgan fingerprint density at radius 2 is 1.94 bits per heavy atom. The lowest BCUT2D eigenvalue weighted by molar-refractivity contribution is 0.587. The molecule has 0 unspecified atom stereocenters. The smallest absolute Gasteiger partial charge is 0.128 e. The Bertz CT molecular complexity index is 338. The van der Waals surface area contributed by atoms with E-state index in [0.717, 1.165) is 32.0 Å². The van der Waals surface area contributed by atoms with E-state index in [1.54, 1.807) is 0 Å². The number of aromatic nitrogens is 1. The Balaban J connectivity index is 2.69. The highest BCUT2D eigenvalue weighted by atomic mass is 15.2. The van der Waals surface area contributed by atoms with Crippen LogP contribution in [-0.4, -0.2) is 31.2 Å². The van der Waals surface area contributed by atoms with Crippen LogP contribution in [0.4, 0.5) is 5.82 Å². The fourth-order valence-corrected chi connectivity index (χ4v) is 1.84. The first-order valence-electron chi connectivity index (χ1n) is 6.91. The van der Waals surface area contributed by atoms with E-state index in [2.05, 4.69) is 62.0 Å². The topological polar surface area (TPSA) is 28.2 Å². The lowest BCUT2D eigenvalue weighted by Crippen LogP contribution is -2.32. The second kappa shape index (κ2) is 6.74. The van der Waals surface area contributed by atoms with Crippen molar-refractivity contribution in [1.82, 2.24) is 10.3 Å². The molecule has 0 spiro atoms. The molecule has 0 bridgehead atoms. The molecule has 0 amide bonds. The molecule has 0 saturated carbocycles. The van der Waals surface area contributed by atoms with Crippen LogP contribution in [0.5, 0.6) is 0 Å². The number of nitrogens with one attached hydrogen (secondary N) is 1. The van der Waals surface area contributed by atoms with Crippen LogP contribution < -0.4 is 10.2 Å². The van der Waals surface area contributed by atoms with Gasteiger partial charge >= 0.3 is 0 Å². The van der Waals surface area contributed by atoms with Gasteiger partial charge in [0.2, 0.25) is 0 Å². The molecule has 102 valence electrons. The first kappa shape index (κ1) is 15.0. The zero-order chi connectivity index (χ0) is 13.6. The van der Waals surface area contributed by atoms with E-state index < -0.39 is 0 Å². The van der Waals surface area contributed by atoms with Gasteiger partial charge in [-0.05, 0) is 30.5 Å². The maximum Gasteiger partial charge on any atom is 0.128 e. The molecule has 0 aliphatic heterocycles. The summed E-state index contributed by atoms with van der Waals surface area (Å²) in [6.45, 7) is 15.0. The number of pyridine rings is 1. The van der Waals surface area contributed by atoms with Gasteiger partial charge in [0, 0.05) is 25.8 Å². The zero-order valence-electron chi connectivity index (χ0n) is 12.5. The summed E-state index contributed by atoms with van der Waals surface area (Å²) in [6.07, 6.45) is 2.01. The van der Waals surface area contributed by atoms with Crippen molar-refractivity contribution in [3.8, 4) is 0 Å². The average Bonchev–Trinajstić information content (AvgIpc) is 2.34. The highest BCUT2D eigenvalue weighted by molar-refractivity contribution is 5.40. The van der Waals surface area contributed by atoms with Crippen molar-refractivity contribution < 1.29 is 0 Å².